The van der Waals surface area contributed by atoms with Gasteiger partial charge in [-0.3, -0.25) is 19.9 Å². The number of hydrogen-bond acceptors (Lipinski definition) is 6. The van der Waals surface area contributed by atoms with E-state index in [1.807, 2.05) is 31.9 Å². The fourth-order valence-electron chi connectivity index (χ4n) is 4.13. The Labute approximate surface area is 164 Å². The molecule has 4 rings (SSSR count). The van der Waals surface area contributed by atoms with Crippen molar-refractivity contribution in [3.05, 3.63) is 29.1 Å². The second-order valence-electron chi connectivity index (χ2n) is 8.31. The summed E-state index contributed by atoms with van der Waals surface area (Å²) in [6.45, 7) is 11.2. The Bertz CT molecular complexity index is 822. The molecule has 0 spiro atoms. The number of ether oxygens (including phenoxy) is 1. The highest BCUT2D eigenvalue weighted by Crippen LogP contribution is 2.33. The summed E-state index contributed by atoms with van der Waals surface area (Å²) in [5.74, 6) is 1.63. The minimum atomic E-state index is -0.475. The average Bonchev–Trinajstić information content (AvgIpc) is 3.36. The maximum absolute atomic E-state index is 13.5. The second kappa shape index (κ2) is 7.63. The molecule has 1 saturated heterocycles. The molecule has 2 aromatic heterocycles. The van der Waals surface area contributed by atoms with Crippen LogP contribution >= 0.6 is 0 Å². The van der Waals surface area contributed by atoms with E-state index in [2.05, 4.69) is 30.3 Å². The summed E-state index contributed by atoms with van der Waals surface area (Å²) in [4.78, 5) is 22.3. The molecule has 2 N–H and O–H groups in total. The largest absolute Gasteiger partial charge is 0.379 e. The van der Waals surface area contributed by atoms with Gasteiger partial charge in [0, 0.05) is 44.7 Å². The lowest BCUT2D eigenvalue weighted by molar-refractivity contribution is -0.143. The molecule has 9 nitrogen and oxygen atoms in total. The van der Waals surface area contributed by atoms with Crippen molar-refractivity contribution in [2.24, 2.45) is 5.41 Å². The zero-order valence-electron chi connectivity index (χ0n) is 16.9. The highest BCUT2D eigenvalue weighted by Gasteiger charge is 2.39. The van der Waals surface area contributed by atoms with Crippen LogP contribution in [0.2, 0.25) is 0 Å². The van der Waals surface area contributed by atoms with Gasteiger partial charge in [-0.15, -0.1) is 0 Å². The molecule has 0 aromatic carbocycles. The quantitative estimate of drug-likeness (QED) is 0.791. The zero-order chi connectivity index (χ0) is 19.7. The first-order chi connectivity index (χ1) is 13.5. The van der Waals surface area contributed by atoms with Crippen LogP contribution in [0.1, 0.15) is 49.6 Å². The van der Waals surface area contributed by atoms with Crippen molar-refractivity contribution in [2.75, 3.05) is 39.4 Å². The summed E-state index contributed by atoms with van der Waals surface area (Å²) in [7, 11) is 0. The average molecular weight is 387 g/mol. The molecule has 0 bridgehead atoms. The minimum Gasteiger partial charge on any atom is -0.379 e. The standard InChI is InChI=1S/C19H29N7O2/c1-4-15-21-17(24-22-15)14-11-26(10-13-9-20-23-16(13)14)18(27)19(2,3)12-25-5-7-28-8-6-25/h9,14H,4-8,10-12H2,1-3H3,(H,20,23)(H,21,22,24). The van der Waals surface area contributed by atoms with Crippen molar-refractivity contribution >= 4 is 5.91 Å². The van der Waals surface area contributed by atoms with Gasteiger partial charge in [0.25, 0.3) is 0 Å². The van der Waals surface area contributed by atoms with Gasteiger partial charge in [-0.2, -0.15) is 10.2 Å². The number of rotatable bonds is 5. The Balaban J connectivity index is 1.53. The maximum Gasteiger partial charge on any atom is 0.229 e. The molecule has 1 amide bonds. The van der Waals surface area contributed by atoms with Crippen LogP contribution in [0, 0.1) is 5.41 Å². The van der Waals surface area contributed by atoms with Gasteiger partial charge in [0.1, 0.15) is 5.82 Å². The van der Waals surface area contributed by atoms with Gasteiger partial charge in [0.05, 0.1) is 36.4 Å². The van der Waals surface area contributed by atoms with Crippen molar-refractivity contribution < 1.29 is 9.53 Å². The van der Waals surface area contributed by atoms with Crippen LogP contribution in [0.5, 0.6) is 0 Å². The van der Waals surface area contributed by atoms with Crippen molar-refractivity contribution in [3.8, 4) is 0 Å². The maximum atomic E-state index is 13.5. The normalized spacial score (nSPS) is 21.0. The topological polar surface area (TPSA) is 103 Å². The first kappa shape index (κ1) is 19.1. The first-order valence-electron chi connectivity index (χ1n) is 10.0. The molecule has 2 aliphatic heterocycles. The van der Waals surface area contributed by atoms with Gasteiger partial charge in [-0.1, -0.05) is 6.92 Å². The summed E-state index contributed by atoms with van der Waals surface area (Å²) in [5.41, 5.74) is 1.57. The van der Waals surface area contributed by atoms with E-state index in [1.54, 1.807) is 0 Å². The van der Waals surface area contributed by atoms with E-state index >= 15 is 0 Å². The Kier molecular flexibility index (Phi) is 5.20. The fraction of sp³-hybridized carbons (Fsp3) is 0.684. The molecule has 28 heavy (non-hydrogen) atoms. The van der Waals surface area contributed by atoms with Crippen LogP contribution in [-0.4, -0.2) is 80.5 Å². The minimum absolute atomic E-state index is 0.0917. The van der Waals surface area contributed by atoms with E-state index < -0.39 is 5.41 Å². The Hall–Kier alpha value is -2.26. The molecular formula is C19H29N7O2. The summed E-state index contributed by atoms with van der Waals surface area (Å²) >= 11 is 0. The SMILES string of the molecule is CCc1nc(C2CN(C(=O)C(C)(C)CN3CCOCC3)Cc3cn[nH]c32)n[nH]1. The number of nitrogens with zero attached hydrogens (tertiary/aromatic N) is 5. The van der Waals surface area contributed by atoms with E-state index in [0.29, 0.717) is 18.9 Å². The number of hydrogen-bond donors (Lipinski definition) is 2. The number of morpholine rings is 1. The number of nitrogens with one attached hydrogen (secondary N) is 2. The van der Waals surface area contributed by atoms with Gasteiger partial charge in [-0.05, 0) is 13.8 Å². The van der Waals surface area contributed by atoms with Gasteiger partial charge in [0.15, 0.2) is 5.82 Å². The van der Waals surface area contributed by atoms with Crippen molar-refractivity contribution in [1.82, 2.24) is 35.2 Å². The summed E-state index contributed by atoms with van der Waals surface area (Å²) in [6.07, 6.45) is 2.61. The van der Waals surface area contributed by atoms with E-state index in [4.69, 9.17) is 4.74 Å². The van der Waals surface area contributed by atoms with Crippen LogP contribution in [0.15, 0.2) is 6.20 Å². The Morgan fingerprint density at radius 1 is 1.32 bits per heavy atom. The summed E-state index contributed by atoms with van der Waals surface area (Å²) < 4.78 is 5.43. The molecule has 1 fully saturated rings. The third kappa shape index (κ3) is 3.68. The second-order valence-corrected chi connectivity index (χ2v) is 8.31. The van der Waals surface area contributed by atoms with Crippen LogP contribution in [0.4, 0.5) is 0 Å². The monoisotopic (exact) mass is 387 g/mol. The number of carbonyl (C=O) groups is 1. The molecule has 2 aliphatic rings. The predicted molar refractivity (Wildman–Crippen MR) is 103 cm³/mol. The molecule has 0 aliphatic carbocycles. The Morgan fingerprint density at radius 2 is 2.11 bits per heavy atom. The van der Waals surface area contributed by atoms with Crippen LogP contribution in [0.3, 0.4) is 0 Å². The lowest BCUT2D eigenvalue weighted by Gasteiger charge is -2.39. The molecule has 1 atom stereocenters. The van der Waals surface area contributed by atoms with E-state index in [0.717, 1.165) is 56.4 Å². The summed E-state index contributed by atoms with van der Waals surface area (Å²) in [5, 5.41) is 14.7. The van der Waals surface area contributed by atoms with E-state index in [-0.39, 0.29) is 11.8 Å². The number of amides is 1. The molecule has 4 heterocycles. The van der Waals surface area contributed by atoms with Crippen LogP contribution < -0.4 is 0 Å². The number of fused-ring (bicyclic) bond motifs is 1. The molecule has 0 saturated carbocycles. The molecular weight excluding hydrogens is 358 g/mol. The number of aryl methyl sites for hydroxylation is 1. The number of H-pyrrole nitrogens is 2. The number of aromatic amines is 2. The third-order valence-corrected chi connectivity index (χ3v) is 5.65. The van der Waals surface area contributed by atoms with Gasteiger partial charge in [0.2, 0.25) is 5.91 Å². The number of carbonyl (C=O) groups excluding carboxylic acids is 1. The van der Waals surface area contributed by atoms with Gasteiger partial charge < -0.3 is 9.64 Å². The molecule has 2 aromatic rings. The highest BCUT2D eigenvalue weighted by atomic mass is 16.5. The lowest BCUT2D eigenvalue weighted by atomic mass is 9.88. The molecule has 0 radical (unpaired) electrons. The van der Waals surface area contributed by atoms with Gasteiger partial charge >= 0.3 is 0 Å². The van der Waals surface area contributed by atoms with Crippen molar-refractivity contribution in [3.63, 3.8) is 0 Å². The molecule has 1 unspecified atom stereocenters. The third-order valence-electron chi connectivity index (χ3n) is 5.65. The van der Waals surface area contributed by atoms with Gasteiger partial charge in [-0.25, -0.2) is 4.98 Å². The van der Waals surface area contributed by atoms with Crippen molar-refractivity contribution in [1.29, 1.82) is 0 Å². The lowest BCUT2D eigenvalue weighted by Crippen LogP contribution is -2.51. The Morgan fingerprint density at radius 3 is 2.82 bits per heavy atom. The smallest absolute Gasteiger partial charge is 0.229 e. The zero-order valence-corrected chi connectivity index (χ0v) is 16.9. The van der Waals surface area contributed by atoms with Crippen LogP contribution in [-0.2, 0) is 22.5 Å². The molecule has 9 heteroatoms. The highest BCUT2D eigenvalue weighted by molar-refractivity contribution is 5.82. The summed E-state index contributed by atoms with van der Waals surface area (Å²) in [6, 6.07) is 0. The van der Waals surface area contributed by atoms with E-state index in [9.17, 15) is 4.79 Å². The van der Waals surface area contributed by atoms with Crippen molar-refractivity contribution in [2.45, 2.75) is 39.7 Å². The molecule has 152 valence electrons. The fourth-order valence-corrected chi connectivity index (χ4v) is 4.13. The first-order valence-corrected chi connectivity index (χ1v) is 10.0. The number of aromatic nitrogens is 5. The van der Waals surface area contributed by atoms with Crippen LogP contribution in [0.25, 0.3) is 0 Å². The van der Waals surface area contributed by atoms with E-state index in [1.165, 1.54) is 0 Å². The predicted octanol–water partition coefficient (Wildman–Crippen LogP) is 0.923.